The van der Waals surface area contributed by atoms with Gasteiger partial charge >= 0.3 is 5.97 Å². The molecule has 21 heavy (non-hydrogen) atoms. The fourth-order valence-corrected chi connectivity index (χ4v) is 1.85. The third kappa shape index (κ3) is 2.83. The number of carbonyl (C=O) groups excluding carboxylic acids is 1. The van der Waals surface area contributed by atoms with Crippen molar-refractivity contribution in [1.82, 2.24) is 4.57 Å². The van der Waals surface area contributed by atoms with E-state index >= 15 is 0 Å². The van der Waals surface area contributed by atoms with Crippen molar-refractivity contribution in [1.29, 1.82) is 0 Å². The van der Waals surface area contributed by atoms with Crippen molar-refractivity contribution < 1.29 is 19.2 Å². The molecule has 0 saturated carbocycles. The van der Waals surface area contributed by atoms with Crippen LogP contribution in [0.5, 0.6) is 5.75 Å². The molecule has 0 spiro atoms. The molecule has 0 amide bonds. The lowest BCUT2D eigenvalue weighted by Crippen LogP contribution is -2.22. The van der Waals surface area contributed by atoms with Gasteiger partial charge in [0.1, 0.15) is 0 Å². The third-order valence-electron chi connectivity index (χ3n) is 2.96. The number of esters is 1. The van der Waals surface area contributed by atoms with Gasteiger partial charge in [0, 0.05) is 24.6 Å². The maximum absolute atomic E-state index is 12.1. The zero-order valence-electron chi connectivity index (χ0n) is 11.4. The molecular weight excluding hydrogens is 280 g/mol. The Bertz CT molecular complexity index is 780. The zero-order chi connectivity index (χ0) is 15.6. The van der Waals surface area contributed by atoms with Gasteiger partial charge in [0.15, 0.2) is 12.4 Å². The highest BCUT2D eigenvalue weighted by molar-refractivity contribution is 5.82. The van der Waals surface area contributed by atoms with Crippen LogP contribution in [0.15, 0.2) is 29.1 Å². The molecule has 0 fully saturated rings. The molecular formula is C13H12N2O6. The van der Waals surface area contributed by atoms with E-state index in [-0.39, 0.29) is 11.4 Å². The molecule has 1 aromatic heterocycles. The molecule has 2 aromatic rings. The number of aromatic nitrogens is 1. The number of aryl methyl sites for hydroxylation is 1. The average Bonchev–Trinajstić information content (AvgIpc) is 2.48. The van der Waals surface area contributed by atoms with Crippen molar-refractivity contribution in [3.8, 4) is 5.75 Å². The van der Waals surface area contributed by atoms with Gasteiger partial charge in [-0.15, -0.1) is 0 Å². The maximum Gasteiger partial charge on any atom is 0.343 e. The number of nitrogens with zero attached hydrogens (tertiary/aromatic N) is 2. The summed E-state index contributed by atoms with van der Waals surface area (Å²) in [5, 5.41) is 11.2. The minimum Gasteiger partial charge on any atom is -0.476 e. The molecule has 0 radical (unpaired) electrons. The second-order valence-corrected chi connectivity index (χ2v) is 4.24. The van der Waals surface area contributed by atoms with Crippen LogP contribution in [-0.4, -0.2) is 29.2 Å². The van der Waals surface area contributed by atoms with E-state index in [2.05, 4.69) is 4.74 Å². The number of non-ortho nitro benzene ring substituents is 1. The molecule has 110 valence electrons. The van der Waals surface area contributed by atoms with E-state index in [4.69, 9.17) is 4.74 Å². The molecule has 0 atom stereocenters. The highest BCUT2D eigenvalue weighted by atomic mass is 16.6. The number of hydrogen-bond donors (Lipinski definition) is 0. The van der Waals surface area contributed by atoms with Gasteiger partial charge in [-0.25, -0.2) is 4.79 Å². The first-order chi connectivity index (χ1) is 9.93. The van der Waals surface area contributed by atoms with E-state index in [0.717, 1.165) is 0 Å². The summed E-state index contributed by atoms with van der Waals surface area (Å²) < 4.78 is 10.8. The van der Waals surface area contributed by atoms with Gasteiger partial charge in [-0.3, -0.25) is 14.9 Å². The van der Waals surface area contributed by atoms with Crippen molar-refractivity contribution in [2.24, 2.45) is 7.05 Å². The number of carbonyl (C=O) groups is 1. The fourth-order valence-electron chi connectivity index (χ4n) is 1.85. The topological polar surface area (TPSA) is 101 Å². The summed E-state index contributed by atoms with van der Waals surface area (Å²) in [5.74, 6) is -0.702. The Morgan fingerprint density at radius 2 is 2.10 bits per heavy atom. The summed E-state index contributed by atoms with van der Waals surface area (Å²) in [7, 11) is 2.72. The van der Waals surface area contributed by atoms with E-state index in [0.29, 0.717) is 10.9 Å². The van der Waals surface area contributed by atoms with Crippen LogP contribution in [0.4, 0.5) is 5.69 Å². The number of benzene rings is 1. The minimum atomic E-state index is -0.629. The Balaban J connectivity index is 2.51. The minimum absolute atomic E-state index is 0.0732. The summed E-state index contributed by atoms with van der Waals surface area (Å²) >= 11 is 0. The number of methoxy groups -OCH3 is 1. The maximum atomic E-state index is 12.1. The number of ether oxygens (including phenoxy) is 2. The average molecular weight is 292 g/mol. The number of fused-ring (bicyclic) bond motifs is 1. The third-order valence-corrected chi connectivity index (χ3v) is 2.96. The summed E-state index contributed by atoms with van der Waals surface area (Å²) in [6, 6.07) is 5.50. The molecule has 1 heterocycles. The number of hydrogen-bond acceptors (Lipinski definition) is 6. The highest BCUT2D eigenvalue weighted by Crippen LogP contribution is 2.22. The second-order valence-electron chi connectivity index (χ2n) is 4.24. The number of nitro groups is 1. The van der Waals surface area contributed by atoms with Gasteiger partial charge in [-0.1, -0.05) is 0 Å². The standard InChI is InChI=1S/C13H12N2O6/c1-14-10-4-3-9(15(18)19)5-8(10)6-11(13(14)17)21-7-12(16)20-2/h3-6H,7H2,1-2H3. The summed E-state index contributed by atoms with van der Waals surface area (Å²) in [4.78, 5) is 33.3. The van der Waals surface area contributed by atoms with Crippen LogP contribution in [-0.2, 0) is 16.6 Å². The first-order valence-electron chi connectivity index (χ1n) is 5.92. The quantitative estimate of drug-likeness (QED) is 0.473. The zero-order valence-corrected chi connectivity index (χ0v) is 11.4. The van der Waals surface area contributed by atoms with Crippen LogP contribution >= 0.6 is 0 Å². The van der Waals surface area contributed by atoms with E-state index in [1.807, 2.05) is 0 Å². The molecule has 0 aliphatic carbocycles. The Morgan fingerprint density at radius 1 is 1.38 bits per heavy atom. The lowest BCUT2D eigenvalue weighted by molar-refractivity contribution is -0.384. The molecule has 1 aromatic carbocycles. The van der Waals surface area contributed by atoms with E-state index < -0.39 is 23.1 Å². The van der Waals surface area contributed by atoms with Crippen molar-refractivity contribution in [2.75, 3.05) is 13.7 Å². The van der Waals surface area contributed by atoms with Crippen molar-refractivity contribution in [3.05, 3.63) is 44.7 Å². The van der Waals surface area contributed by atoms with Gasteiger partial charge in [-0.2, -0.15) is 0 Å². The molecule has 8 nitrogen and oxygen atoms in total. The van der Waals surface area contributed by atoms with Crippen molar-refractivity contribution >= 4 is 22.6 Å². The first kappa shape index (κ1) is 14.5. The highest BCUT2D eigenvalue weighted by Gasteiger charge is 2.13. The van der Waals surface area contributed by atoms with Gasteiger partial charge in [0.2, 0.25) is 0 Å². The van der Waals surface area contributed by atoms with Gasteiger partial charge in [-0.05, 0) is 12.1 Å². The molecule has 2 rings (SSSR count). The molecule has 0 aliphatic heterocycles. The molecule has 0 N–H and O–H groups in total. The van der Waals surface area contributed by atoms with E-state index in [9.17, 15) is 19.7 Å². The lowest BCUT2D eigenvalue weighted by Gasteiger charge is -2.09. The van der Waals surface area contributed by atoms with Crippen LogP contribution in [0.25, 0.3) is 10.9 Å². The second kappa shape index (κ2) is 5.61. The SMILES string of the molecule is COC(=O)COc1cc2cc([N+](=O)[O-])ccc2n(C)c1=O. The summed E-state index contributed by atoms with van der Waals surface area (Å²) in [5.41, 5.74) is -0.0173. The molecule has 0 unspecified atom stereocenters. The van der Waals surface area contributed by atoms with Crippen LogP contribution in [0.1, 0.15) is 0 Å². The monoisotopic (exact) mass is 292 g/mol. The van der Waals surface area contributed by atoms with Gasteiger partial charge in [0.05, 0.1) is 17.5 Å². The molecule has 0 saturated heterocycles. The lowest BCUT2D eigenvalue weighted by atomic mass is 10.2. The Morgan fingerprint density at radius 3 is 2.71 bits per heavy atom. The normalized spacial score (nSPS) is 10.4. The Kier molecular flexibility index (Phi) is 3.88. The first-order valence-corrected chi connectivity index (χ1v) is 5.92. The molecule has 0 aliphatic rings. The number of rotatable bonds is 4. The van der Waals surface area contributed by atoms with E-state index in [1.165, 1.54) is 43.0 Å². The Hall–Kier alpha value is -2.90. The van der Waals surface area contributed by atoms with Gasteiger partial charge in [0.25, 0.3) is 11.2 Å². The van der Waals surface area contributed by atoms with Crippen LogP contribution in [0.3, 0.4) is 0 Å². The van der Waals surface area contributed by atoms with Crippen molar-refractivity contribution in [3.63, 3.8) is 0 Å². The predicted molar refractivity (Wildman–Crippen MR) is 73.4 cm³/mol. The Labute approximate surface area is 118 Å². The number of nitro benzene ring substituents is 1. The largest absolute Gasteiger partial charge is 0.476 e. The molecule has 8 heteroatoms. The van der Waals surface area contributed by atoms with Gasteiger partial charge < -0.3 is 14.0 Å². The number of pyridine rings is 1. The predicted octanol–water partition coefficient (Wildman–Crippen LogP) is 0.998. The van der Waals surface area contributed by atoms with Crippen LogP contribution in [0, 0.1) is 10.1 Å². The van der Waals surface area contributed by atoms with Crippen molar-refractivity contribution in [2.45, 2.75) is 0 Å². The van der Waals surface area contributed by atoms with E-state index in [1.54, 1.807) is 0 Å². The molecule has 0 bridgehead atoms. The van der Waals surface area contributed by atoms with Crippen LogP contribution in [0.2, 0.25) is 0 Å². The summed E-state index contributed by atoms with van der Waals surface area (Å²) in [6.45, 7) is -0.411. The fraction of sp³-hybridized carbons (Fsp3) is 0.231. The summed E-state index contributed by atoms with van der Waals surface area (Å²) in [6.07, 6.45) is 0. The smallest absolute Gasteiger partial charge is 0.343 e. The van der Waals surface area contributed by atoms with Crippen LogP contribution < -0.4 is 10.3 Å².